The van der Waals surface area contributed by atoms with E-state index in [1.165, 1.54) is 0 Å². The monoisotopic (exact) mass is 257 g/mol. The van der Waals surface area contributed by atoms with Gasteiger partial charge in [0.15, 0.2) is 0 Å². The van der Waals surface area contributed by atoms with Crippen LogP contribution >= 0.6 is 0 Å². The number of benzene rings is 1. The van der Waals surface area contributed by atoms with Crippen LogP contribution in [0.4, 0.5) is 5.82 Å². The van der Waals surface area contributed by atoms with Gasteiger partial charge >= 0.3 is 0 Å². The minimum atomic E-state index is 0.848. The lowest BCUT2D eigenvalue weighted by atomic mass is 10.1. The number of ether oxygens (including phenoxy) is 1. The van der Waals surface area contributed by atoms with Crippen molar-refractivity contribution in [2.75, 3.05) is 19.5 Å². The molecule has 4 nitrogen and oxygen atoms in total. The van der Waals surface area contributed by atoms with E-state index in [2.05, 4.69) is 22.2 Å². The van der Waals surface area contributed by atoms with Gasteiger partial charge in [-0.1, -0.05) is 6.92 Å². The third-order valence-corrected chi connectivity index (χ3v) is 2.89. The van der Waals surface area contributed by atoms with Crippen molar-refractivity contribution >= 4 is 5.82 Å². The fourth-order valence-corrected chi connectivity index (χ4v) is 1.87. The predicted molar refractivity (Wildman–Crippen MR) is 77.6 cm³/mol. The Kier molecular flexibility index (Phi) is 4.34. The van der Waals surface area contributed by atoms with E-state index < -0.39 is 0 Å². The molecule has 1 aromatic heterocycles. The Morgan fingerprint density at radius 3 is 2.47 bits per heavy atom. The van der Waals surface area contributed by atoms with Crippen molar-refractivity contribution in [2.24, 2.45) is 0 Å². The smallest absolute Gasteiger partial charge is 0.131 e. The summed E-state index contributed by atoms with van der Waals surface area (Å²) in [4.78, 5) is 9.06. The molecule has 0 amide bonds. The van der Waals surface area contributed by atoms with E-state index in [9.17, 15) is 0 Å². The van der Waals surface area contributed by atoms with Crippen molar-refractivity contribution in [3.8, 4) is 17.0 Å². The fourth-order valence-electron chi connectivity index (χ4n) is 1.87. The van der Waals surface area contributed by atoms with Crippen molar-refractivity contribution < 1.29 is 4.74 Å². The number of methoxy groups -OCH3 is 1. The summed E-state index contributed by atoms with van der Waals surface area (Å²) in [7, 11) is 3.54. The molecule has 0 bridgehead atoms. The van der Waals surface area contributed by atoms with Gasteiger partial charge in [0.1, 0.15) is 17.4 Å². The minimum absolute atomic E-state index is 0.848. The second kappa shape index (κ2) is 6.18. The number of aromatic nitrogens is 2. The minimum Gasteiger partial charge on any atom is -0.497 e. The summed E-state index contributed by atoms with van der Waals surface area (Å²) in [5.74, 6) is 2.57. The van der Waals surface area contributed by atoms with Gasteiger partial charge in [-0.05, 0) is 30.7 Å². The van der Waals surface area contributed by atoms with Crippen LogP contribution in [-0.2, 0) is 6.42 Å². The van der Waals surface area contributed by atoms with Crippen LogP contribution in [0.1, 0.15) is 19.2 Å². The topological polar surface area (TPSA) is 47.0 Å². The van der Waals surface area contributed by atoms with E-state index >= 15 is 0 Å². The third kappa shape index (κ3) is 3.22. The Balaban J connectivity index is 2.38. The molecule has 2 aromatic rings. The van der Waals surface area contributed by atoms with Gasteiger partial charge < -0.3 is 10.1 Å². The van der Waals surface area contributed by atoms with E-state index in [0.717, 1.165) is 41.5 Å². The summed E-state index contributed by atoms with van der Waals surface area (Å²) in [5, 5.41) is 3.08. The van der Waals surface area contributed by atoms with Crippen LogP contribution < -0.4 is 10.1 Å². The molecule has 0 spiro atoms. The zero-order chi connectivity index (χ0) is 13.7. The van der Waals surface area contributed by atoms with Crippen LogP contribution in [-0.4, -0.2) is 24.1 Å². The highest BCUT2D eigenvalue weighted by Crippen LogP contribution is 2.22. The summed E-state index contributed by atoms with van der Waals surface area (Å²) in [6.07, 6.45) is 1.92. The molecule has 19 heavy (non-hydrogen) atoms. The van der Waals surface area contributed by atoms with Gasteiger partial charge in [0.05, 0.1) is 12.8 Å². The second-order valence-electron chi connectivity index (χ2n) is 4.28. The number of anilines is 1. The maximum Gasteiger partial charge on any atom is 0.131 e. The fraction of sp³-hybridized carbons (Fsp3) is 0.333. The lowest BCUT2D eigenvalue weighted by molar-refractivity contribution is 0.415. The Morgan fingerprint density at radius 2 is 1.89 bits per heavy atom. The van der Waals surface area contributed by atoms with Crippen LogP contribution in [0.25, 0.3) is 11.3 Å². The summed E-state index contributed by atoms with van der Waals surface area (Å²) in [6.45, 7) is 2.13. The van der Waals surface area contributed by atoms with Gasteiger partial charge in [0, 0.05) is 25.1 Å². The van der Waals surface area contributed by atoms with Crippen LogP contribution in [0, 0.1) is 0 Å². The zero-order valence-electron chi connectivity index (χ0n) is 11.6. The normalized spacial score (nSPS) is 10.3. The first kappa shape index (κ1) is 13.3. The average molecular weight is 257 g/mol. The maximum atomic E-state index is 5.17. The van der Waals surface area contributed by atoms with Gasteiger partial charge in [-0.2, -0.15) is 0 Å². The Hall–Kier alpha value is -2.10. The number of hydrogen-bond donors (Lipinski definition) is 1. The van der Waals surface area contributed by atoms with Crippen LogP contribution in [0.15, 0.2) is 30.3 Å². The Morgan fingerprint density at radius 1 is 1.16 bits per heavy atom. The third-order valence-electron chi connectivity index (χ3n) is 2.89. The van der Waals surface area contributed by atoms with E-state index in [4.69, 9.17) is 4.74 Å². The first-order valence-electron chi connectivity index (χ1n) is 6.47. The highest BCUT2D eigenvalue weighted by atomic mass is 16.5. The molecule has 4 heteroatoms. The summed E-state index contributed by atoms with van der Waals surface area (Å²) in [6, 6.07) is 9.86. The largest absolute Gasteiger partial charge is 0.497 e. The summed E-state index contributed by atoms with van der Waals surface area (Å²) in [5.41, 5.74) is 2.00. The lowest BCUT2D eigenvalue weighted by Gasteiger charge is -2.08. The van der Waals surface area contributed by atoms with Crippen LogP contribution in [0.2, 0.25) is 0 Å². The van der Waals surface area contributed by atoms with Crippen molar-refractivity contribution in [3.05, 3.63) is 36.2 Å². The number of hydrogen-bond acceptors (Lipinski definition) is 4. The number of nitrogens with one attached hydrogen (secondary N) is 1. The van der Waals surface area contributed by atoms with E-state index in [-0.39, 0.29) is 0 Å². The first-order chi connectivity index (χ1) is 9.26. The second-order valence-corrected chi connectivity index (χ2v) is 4.28. The molecule has 1 aromatic carbocycles. The van der Waals surface area contributed by atoms with Crippen molar-refractivity contribution in [1.82, 2.24) is 9.97 Å². The molecular formula is C15H19N3O. The van der Waals surface area contributed by atoms with E-state index in [1.54, 1.807) is 7.11 Å². The van der Waals surface area contributed by atoms with Gasteiger partial charge in [0.25, 0.3) is 0 Å². The molecule has 1 heterocycles. The van der Waals surface area contributed by atoms with Crippen LogP contribution in [0.3, 0.4) is 0 Å². The van der Waals surface area contributed by atoms with Gasteiger partial charge in [-0.15, -0.1) is 0 Å². The highest BCUT2D eigenvalue weighted by Gasteiger charge is 2.06. The quantitative estimate of drug-likeness (QED) is 0.893. The Bertz CT molecular complexity index is 538. The average Bonchev–Trinajstić information content (AvgIpc) is 2.47. The van der Waals surface area contributed by atoms with Crippen molar-refractivity contribution in [3.63, 3.8) is 0 Å². The highest BCUT2D eigenvalue weighted by molar-refractivity contribution is 5.63. The van der Waals surface area contributed by atoms with E-state index in [1.807, 2.05) is 37.4 Å². The van der Waals surface area contributed by atoms with Crippen molar-refractivity contribution in [1.29, 1.82) is 0 Å². The lowest BCUT2D eigenvalue weighted by Crippen LogP contribution is -2.01. The number of aryl methyl sites for hydroxylation is 1. The molecule has 1 N–H and O–H groups in total. The molecule has 0 atom stereocenters. The Labute approximate surface area is 113 Å². The zero-order valence-corrected chi connectivity index (χ0v) is 11.6. The maximum absolute atomic E-state index is 5.17. The molecular weight excluding hydrogens is 238 g/mol. The standard InChI is InChI=1S/C15H19N3O/c1-4-5-14-17-13(10-15(16-2)18-14)11-6-8-12(19-3)9-7-11/h6-10H,4-5H2,1-3H3,(H,16,17,18). The molecule has 0 saturated carbocycles. The first-order valence-corrected chi connectivity index (χ1v) is 6.47. The SMILES string of the molecule is CCCc1nc(NC)cc(-c2ccc(OC)cc2)n1. The molecule has 0 saturated heterocycles. The van der Waals surface area contributed by atoms with Gasteiger partial charge in [-0.25, -0.2) is 9.97 Å². The van der Waals surface area contributed by atoms with Gasteiger partial charge in [0.2, 0.25) is 0 Å². The molecule has 2 rings (SSSR count). The molecule has 0 radical (unpaired) electrons. The predicted octanol–water partition coefficient (Wildman–Crippen LogP) is 3.15. The molecule has 0 aliphatic heterocycles. The molecule has 0 aliphatic carbocycles. The molecule has 0 fully saturated rings. The molecule has 0 unspecified atom stereocenters. The summed E-state index contributed by atoms with van der Waals surface area (Å²) >= 11 is 0. The summed E-state index contributed by atoms with van der Waals surface area (Å²) < 4.78 is 5.17. The number of nitrogens with zero attached hydrogens (tertiary/aromatic N) is 2. The van der Waals surface area contributed by atoms with Gasteiger partial charge in [-0.3, -0.25) is 0 Å². The molecule has 100 valence electrons. The van der Waals surface area contributed by atoms with Crippen LogP contribution in [0.5, 0.6) is 5.75 Å². The van der Waals surface area contributed by atoms with Crippen molar-refractivity contribution in [2.45, 2.75) is 19.8 Å². The van der Waals surface area contributed by atoms with E-state index in [0.29, 0.717) is 0 Å². The molecule has 0 aliphatic rings. The number of rotatable bonds is 5.